The van der Waals surface area contributed by atoms with E-state index in [0.29, 0.717) is 5.92 Å². The number of fused-ring (bicyclic) bond motifs is 2. The molecule has 0 heterocycles. The standard InChI is InChI=1S/C17H31ClO3Si/c1-11(19)13(18)14(20)17(21-22(5,6)7)10-12-8-9-16(17,4)15(12,2)3/h11-13,19H,8-10H2,1-7H3/t11-,12+,13+,16+,17-/m0/s1. The van der Waals surface area contributed by atoms with Gasteiger partial charge in [0.25, 0.3) is 0 Å². The third-order valence-corrected chi connectivity index (χ3v) is 7.94. The van der Waals surface area contributed by atoms with Crippen LogP contribution in [0.4, 0.5) is 0 Å². The van der Waals surface area contributed by atoms with Gasteiger partial charge < -0.3 is 9.53 Å². The van der Waals surface area contributed by atoms with Crippen LogP contribution in [0, 0.1) is 16.7 Å². The number of hydrogen-bond donors (Lipinski definition) is 1. The van der Waals surface area contributed by atoms with Crippen LogP contribution in [-0.4, -0.2) is 36.3 Å². The van der Waals surface area contributed by atoms with Crippen molar-refractivity contribution in [2.24, 2.45) is 16.7 Å². The van der Waals surface area contributed by atoms with Gasteiger partial charge in [-0.25, -0.2) is 0 Å². The molecule has 2 aliphatic rings. The van der Waals surface area contributed by atoms with E-state index in [0.717, 1.165) is 19.3 Å². The zero-order chi connectivity index (χ0) is 17.1. The first-order valence-electron chi connectivity index (χ1n) is 8.35. The minimum Gasteiger partial charge on any atom is -0.404 e. The maximum atomic E-state index is 13.3. The number of Topliss-reactive ketones (excluding diaryl/α,β-unsaturated/α-hetero) is 1. The van der Waals surface area contributed by atoms with Gasteiger partial charge >= 0.3 is 0 Å². The Morgan fingerprint density at radius 1 is 1.32 bits per heavy atom. The van der Waals surface area contributed by atoms with Crippen molar-refractivity contribution in [1.82, 2.24) is 0 Å². The fourth-order valence-electron chi connectivity index (χ4n) is 4.79. The fraction of sp³-hybridized carbons (Fsp3) is 0.941. The van der Waals surface area contributed by atoms with Gasteiger partial charge in [-0.15, -0.1) is 11.6 Å². The van der Waals surface area contributed by atoms with E-state index in [9.17, 15) is 9.90 Å². The largest absolute Gasteiger partial charge is 0.404 e. The third kappa shape index (κ3) is 2.41. The molecule has 0 aromatic carbocycles. The number of carbonyl (C=O) groups excluding carboxylic acids is 1. The van der Waals surface area contributed by atoms with Gasteiger partial charge in [0.15, 0.2) is 14.1 Å². The molecule has 2 saturated carbocycles. The first-order chi connectivity index (χ1) is 9.78. The number of alkyl halides is 1. The summed E-state index contributed by atoms with van der Waals surface area (Å²) in [6.45, 7) is 14.7. The number of hydrogen-bond acceptors (Lipinski definition) is 3. The Kier molecular flexibility index (Phi) is 4.44. The second kappa shape index (κ2) is 5.30. The molecule has 5 heteroatoms. The summed E-state index contributed by atoms with van der Waals surface area (Å²) in [4.78, 5) is 13.3. The van der Waals surface area contributed by atoms with Crippen LogP contribution >= 0.6 is 11.6 Å². The molecule has 2 bridgehead atoms. The van der Waals surface area contributed by atoms with Crippen LogP contribution < -0.4 is 0 Å². The maximum absolute atomic E-state index is 13.3. The van der Waals surface area contributed by atoms with Crippen molar-refractivity contribution in [3.05, 3.63) is 0 Å². The SMILES string of the molecule is C[C@H](O)[C@@H](Cl)C(=O)[C@@]1(O[Si](C)(C)C)C[C@H]2CC[C@]1(C)C2(C)C. The maximum Gasteiger partial charge on any atom is 0.185 e. The molecule has 0 spiro atoms. The Hall–Kier alpha value is 0.0969. The van der Waals surface area contributed by atoms with Crippen LogP contribution in [0.2, 0.25) is 19.6 Å². The van der Waals surface area contributed by atoms with Crippen molar-refractivity contribution in [3.63, 3.8) is 0 Å². The lowest BCUT2D eigenvalue weighted by Gasteiger charge is -2.50. The van der Waals surface area contributed by atoms with Gasteiger partial charge in [0, 0.05) is 5.41 Å². The predicted octanol–water partition coefficient (Wildman–Crippen LogP) is 3.98. The lowest BCUT2D eigenvalue weighted by atomic mass is 9.62. The minimum absolute atomic E-state index is 0.0532. The van der Waals surface area contributed by atoms with Gasteiger partial charge in [-0.1, -0.05) is 20.8 Å². The Morgan fingerprint density at radius 2 is 1.86 bits per heavy atom. The molecule has 0 radical (unpaired) electrons. The zero-order valence-electron chi connectivity index (χ0n) is 15.0. The molecule has 1 N–H and O–H groups in total. The summed E-state index contributed by atoms with van der Waals surface area (Å²) in [5, 5.41) is 8.95. The van der Waals surface area contributed by atoms with Gasteiger partial charge in [-0.05, 0) is 57.2 Å². The molecule has 128 valence electrons. The monoisotopic (exact) mass is 346 g/mol. The van der Waals surface area contributed by atoms with Gasteiger partial charge in [-0.3, -0.25) is 4.79 Å². The minimum atomic E-state index is -1.95. The number of halogens is 1. The molecule has 2 fully saturated rings. The Morgan fingerprint density at radius 3 is 2.18 bits per heavy atom. The molecule has 2 rings (SSSR count). The molecule has 0 aliphatic heterocycles. The lowest BCUT2D eigenvalue weighted by Crippen LogP contribution is -2.61. The molecular weight excluding hydrogens is 316 g/mol. The van der Waals surface area contributed by atoms with Crippen LogP contribution in [0.5, 0.6) is 0 Å². The molecular formula is C17H31ClO3Si. The van der Waals surface area contributed by atoms with E-state index >= 15 is 0 Å². The zero-order valence-corrected chi connectivity index (χ0v) is 16.8. The highest BCUT2D eigenvalue weighted by atomic mass is 35.5. The van der Waals surface area contributed by atoms with Crippen LogP contribution in [0.25, 0.3) is 0 Å². The molecule has 0 aromatic heterocycles. The highest BCUT2D eigenvalue weighted by molar-refractivity contribution is 6.70. The smallest absolute Gasteiger partial charge is 0.185 e. The second-order valence-corrected chi connectivity index (χ2v) is 13.9. The van der Waals surface area contributed by atoms with Gasteiger partial charge in [-0.2, -0.15) is 0 Å². The molecule has 0 unspecified atom stereocenters. The van der Waals surface area contributed by atoms with E-state index in [1.165, 1.54) is 0 Å². The van der Waals surface area contributed by atoms with Crippen LogP contribution in [0.1, 0.15) is 47.0 Å². The van der Waals surface area contributed by atoms with E-state index < -0.39 is 25.4 Å². The average molecular weight is 347 g/mol. The van der Waals surface area contributed by atoms with E-state index in [-0.39, 0.29) is 16.6 Å². The summed E-state index contributed by atoms with van der Waals surface area (Å²) in [7, 11) is -1.95. The number of aliphatic hydroxyl groups excluding tert-OH is 1. The summed E-state index contributed by atoms with van der Waals surface area (Å²) in [6.07, 6.45) is 2.02. The summed E-state index contributed by atoms with van der Waals surface area (Å²) >= 11 is 6.29. The Bertz CT molecular complexity index is 471. The first-order valence-corrected chi connectivity index (χ1v) is 12.2. The molecule has 0 saturated heterocycles. The number of aliphatic hydroxyl groups is 1. The highest BCUT2D eigenvalue weighted by Gasteiger charge is 2.73. The fourth-order valence-corrected chi connectivity index (χ4v) is 6.42. The Balaban J connectivity index is 2.53. The van der Waals surface area contributed by atoms with Crippen molar-refractivity contribution < 1.29 is 14.3 Å². The summed E-state index contributed by atoms with van der Waals surface area (Å²) < 4.78 is 6.59. The van der Waals surface area contributed by atoms with Crippen molar-refractivity contribution in [2.75, 3.05) is 0 Å². The third-order valence-electron chi connectivity index (χ3n) is 6.41. The highest BCUT2D eigenvalue weighted by Crippen LogP contribution is 2.71. The van der Waals surface area contributed by atoms with Crippen LogP contribution in [0.3, 0.4) is 0 Å². The topological polar surface area (TPSA) is 46.5 Å². The van der Waals surface area contributed by atoms with Gasteiger partial charge in [0.2, 0.25) is 0 Å². The van der Waals surface area contributed by atoms with Gasteiger partial charge in [0.1, 0.15) is 11.0 Å². The van der Waals surface area contributed by atoms with E-state index in [2.05, 4.69) is 40.4 Å². The summed E-state index contributed by atoms with van der Waals surface area (Å²) in [5.41, 5.74) is -1.00. The molecule has 0 aromatic rings. The van der Waals surface area contributed by atoms with Crippen molar-refractivity contribution in [3.8, 4) is 0 Å². The predicted molar refractivity (Wildman–Crippen MR) is 92.7 cm³/mol. The summed E-state index contributed by atoms with van der Waals surface area (Å²) in [5.74, 6) is 0.375. The number of rotatable bonds is 5. The first kappa shape index (κ1) is 18.4. The normalized spacial score (nSPS) is 39.8. The molecule has 3 nitrogen and oxygen atoms in total. The average Bonchev–Trinajstić information content (AvgIpc) is 2.67. The van der Waals surface area contributed by atoms with Crippen molar-refractivity contribution in [1.29, 1.82) is 0 Å². The second-order valence-electron chi connectivity index (χ2n) is 9.04. The molecule has 0 amide bonds. The van der Waals surface area contributed by atoms with E-state index in [4.69, 9.17) is 16.0 Å². The summed E-state index contributed by atoms with van der Waals surface area (Å²) in [6, 6.07) is 0. The lowest BCUT2D eigenvalue weighted by molar-refractivity contribution is -0.152. The van der Waals surface area contributed by atoms with Gasteiger partial charge in [0.05, 0.1) is 6.10 Å². The molecule has 2 aliphatic carbocycles. The number of ketones is 1. The number of carbonyl (C=O) groups is 1. The Labute approximate surface area is 140 Å². The van der Waals surface area contributed by atoms with E-state index in [1.54, 1.807) is 6.92 Å². The van der Waals surface area contributed by atoms with Crippen LogP contribution in [-0.2, 0) is 9.22 Å². The van der Waals surface area contributed by atoms with Crippen molar-refractivity contribution >= 4 is 25.7 Å². The quantitative estimate of drug-likeness (QED) is 0.605. The van der Waals surface area contributed by atoms with Crippen LogP contribution in [0.15, 0.2) is 0 Å². The molecule has 22 heavy (non-hydrogen) atoms. The van der Waals surface area contributed by atoms with E-state index in [1.807, 2.05) is 0 Å². The molecule has 5 atom stereocenters. The van der Waals surface area contributed by atoms with Crippen molar-refractivity contribution in [2.45, 2.75) is 83.7 Å².